The van der Waals surface area contributed by atoms with E-state index in [1.165, 1.54) is 12.8 Å². The van der Waals surface area contributed by atoms with Crippen LogP contribution in [0.5, 0.6) is 0 Å². The van der Waals surface area contributed by atoms with Crippen LogP contribution in [-0.2, 0) is 19.4 Å². The lowest BCUT2D eigenvalue weighted by atomic mass is 10.1. The number of fused-ring (bicyclic) bond motifs is 1. The molecule has 5 heteroatoms. The molecule has 0 bridgehead atoms. The van der Waals surface area contributed by atoms with Crippen LogP contribution < -0.4 is 0 Å². The molecule has 1 amide bonds. The Balaban J connectivity index is 1.37. The minimum atomic E-state index is 0.100. The van der Waals surface area contributed by atoms with Crippen LogP contribution in [0.4, 0.5) is 0 Å². The molecule has 2 aromatic rings. The summed E-state index contributed by atoms with van der Waals surface area (Å²) in [4.78, 5) is 18.5. The van der Waals surface area contributed by atoms with Gasteiger partial charge in [0.25, 0.3) is 5.91 Å². The summed E-state index contributed by atoms with van der Waals surface area (Å²) < 4.78 is 5.27. The first-order valence-electron chi connectivity index (χ1n) is 7.48. The van der Waals surface area contributed by atoms with Gasteiger partial charge in [-0.3, -0.25) is 4.79 Å². The van der Waals surface area contributed by atoms with Gasteiger partial charge in [0.1, 0.15) is 0 Å². The molecule has 1 aliphatic heterocycles. The first-order valence-corrected chi connectivity index (χ1v) is 7.48. The van der Waals surface area contributed by atoms with Gasteiger partial charge in [-0.1, -0.05) is 23.4 Å². The Morgan fingerprint density at radius 2 is 2.14 bits per heavy atom. The lowest BCUT2D eigenvalue weighted by Gasteiger charge is -2.13. The maximum Gasteiger partial charge on any atom is 0.254 e. The largest absolute Gasteiger partial charge is 0.339 e. The Bertz CT molecular complexity index is 676. The number of benzene rings is 1. The number of nitrogens with zero attached hydrogens (tertiary/aromatic N) is 3. The number of carbonyl (C=O) groups is 1. The van der Waals surface area contributed by atoms with Crippen LogP contribution in [0, 0.1) is 5.92 Å². The minimum Gasteiger partial charge on any atom is -0.339 e. The SMILES string of the molecule is O=C1c2ccccc2CN1CCc1nc(CC2CC2)no1. The average Bonchev–Trinajstić information content (AvgIpc) is 3.10. The number of rotatable bonds is 5. The smallest absolute Gasteiger partial charge is 0.254 e. The number of aromatic nitrogens is 2. The van der Waals surface area contributed by atoms with Gasteiger partial charge in [0, 0.05) is 31.5 Å². The highest BCUT2D eigenvalue weighted by atomic mass is 16.5. The first-order chi connectivity index (χ1) is 10.3. The van der Waals surface area contributed by atoms with Gasteiger partial charge in [-0.15, -0.1) is 0 Å². The van der Waals surface area contributed by atoms with E-state index in [1.54, 1.807) is 0 Å². The standard InChI is InChI=1S/C16H17N3O2/c20-16-13-4-2-1-3-12(13)10-19(16)8-7-15-17-14(18-21-15)9-11-5-6-11/h1-4,11H,5-10H2. The third kappa shape index (κ3) is 2.55. The van der Waals surface area contributed by atoms with Crippen molar-refractivity contribution < 1.29 is 9.32 Å². The molecule has 2 heterocycles. The van der Waals surface area contributed by atoms with Crippen LogP contribution in [0.15, 0.2) is 28.8 Å². The Morgan fingerprint density at radius 1 is 1.29 bits per heavy atom. The van der Waals surface area contributed by atoms with Crippen LogP contribution in [0.3, 0.4) is 0 Å². The first kappa shape index (κ1) is 12.6. The van der Waals surface area contributed by atoms with E-state index >= 15 is 0 Å². The molecular formula is C16H17N3O2. The predicted octanol–water partition coefficient (Wildman–Crippen LogP) is 2.22. The summed E-state index contributed by atoms with van der Waals surface area (Å²) in [5.74, 6) is 2.30. The Hall–Kier alpha value is -2.17. The second-order valence-electron chi connectivity index (χ2n) is 5.89. The highest BCUT2D eigenvalue weighted by Crippen LogP contribution is 2.31. The lowest BCUT2D eigenvalue weighted by Crippen LogP contribution is -2.26. The van der Waals surface area contributed by atoms with Gasteiger partial charge in [-0.2, -0.15) is 4.98 Å². The van der Waals surface area contributed by atoms with Crippen molar-refractivity contribution in [3.8, 4) is 0 Å². The van der Waals surface area contributed by atoms with Crippen LogP contribution >= 0.6 is 0 Å². The Labute approximate surface area is 123 Å². The number of hydrogen-bond donors (Lipinski definition) is 0. The molecule has 1 aromatic carbocycles. The maximum atomic E-state index is 12.2. The van der Waals surface area contributed by atoms with E-state index in [0.29, 0.717) is 25.4 Å². The zero-order chi connectivity index (χ0) is 14.2. The zero-order valence-corrected chi connectivity index (χ0v) is 11.8. The van der Waals surface area contributed by atoms with Crippen LogP contribution in [-0.4, -0.2) is 27.5 Å². The van der Waals surface area contributed by atoms with Crippen LogP contribution in [0.25, 0.3) is 0 Å². The second kappa shape index (κ2) is 4.98. The zero-order valence-electron chi connectivity index (χ0n) is 11.8. The molecule has 5 nitrogen and oxygen atoms in total. The van der Waals surface area contributed by atoms with E-state index in [2.05, 4.69) is 10.1 Å². The second-order valence-corrected chi connectivity index (χ2v) is 5.89. The van der Waals surface area contributed by atoms with Gasteiger partial charge in [-0.05, 0) is 30.4 Å². The molecule has 108 valence electrons. The summed E-state index contributed by atoms with van der Waals surface area (Å²) in [5, 5.41) is 4.01. The summed E-state index contributed by atoms with van der Waals surface area (Å²) in [6.45, 7) is 1.30. The maximum absolute atomic E-state index is 12.2. The third-order valence-electron chi connectivity index (χ3n) is 4.17. The fraction of sp³-hybridized carbons (Fsp3) is 0.438. The summed E-state index contributed by atoms with van der Waals surface area (Å²) in [7, 11) is 0. The third-order valence-corrected chi connectivity index (χ3v) is 4.17. The molecule has 0 atom stereocenters. The molecule has 1 fully saturated rings. The number of carbonyl (C=O) groups excluding carboxylic acids is 1. The van der Waals surface area contributed by atoms with Gasteiger partial charge in [-0.25, -0.2) is 0 Å². The highest BCUT2D eigenvalue weighted by Gasteiger charge is 2.27. The van der Waals surface area contributed by atoms with Crippen molar-refractivity contribution >= 4 is 5.91 Å². The van der Waals surface area contributed by atoms with Crippen molar-refractivity contribution in [1.82, 2.24) is 15.0 Å². The molecule has 0 saturated heterocycles. The predicted molar refractivity (Wildman–Crippen MR) is 75.6 cm³/mol. The molecule has 0 unspecified atom stereocenters. The van der Waals surface area contributed by atoms with Gasteiger partial charge in [0.15, 0.2) is 5.82 Å². The fourth-order valence-electron chi connectivity index (χ4n) is 2.78. The summed E-state index contributed by atoms with van der Waals surface area (Å²) in [6, 6.07) is 7.77. The molecule has 1 aromatic heterocycles. The highest BCUT2D eigenvalue weighted by molar-refractivity contribution is 5.98. The summed E-state index contributed by atoms with van der Waals surface area (Å²) in [5.41, 5.74) is 1.92. The van der Waals surface area contributed by atoms with Gasteiger partial charge in [0.2, 0.25) is 5.89 Å². The van der Waals surface area contributed by atoms with E-state index in [1.807, 2.05) is 29.2 Å². The van der Waals surface area contributed by atoms with Crippen molar-refractivity contribution in [2.24, 2.45) is 5.92 Å². The van der Waals surface area contributed by atoms with Gasteiger partial charge in [0.05, 0.1) is 0 Å². The molecule has 1 aliphatic carbocycles. The molecular weight excluding hydrogens is 266 g/mol. The van der Waals surface area contributed by atoms with E-state index in [0.717, 1.165) is 29.3 Å². The summed E-state index contributed by atoms with van der Waals surface area (Å²) >= 11 is 0. The van der Waals surface area contributed by atoms with E-state index in [9.17, 15) is 4.79 Å². The lowest BCUT2D eigenvalue weighted by molar-refractivity contribution is 0.0777. The molecule has 0 N–H and O–H groups in total. The average molecular weight is 283 g/mol. The Morgan fingerprint density at radius 3 is 2.95 bits per heavy atom. The Kier molecular flexibility index (Phi) is 2.98. The number of amides is 1. The molecule has 2 aliphatic rings. The minimum absolute atomic E-state index is 0.100. The van der Waals surface area contributed by atoms with Crippen molar-refractivity contribution in [2.45, 2.75) is 32.2 Å². The van der Waals surface area contributed by atoms with E-state index < -0.39 is 0 Å². The van der Waals surface area contributed by atoms with Crippen molar-refractivity contribution in [2.75, 3.05) is 6.54 Å². The molecule has 1 saturated carbocycles. The summed E-state index contributed by atoms with van der Waals surface area (Å²) in [6.07, 6.45) is 4.11. The van der Waals surface area contributed by atoms with Crippen LogP contribution in [0.1, 0.15) is 40.5 Å². The monoisotopic (exact) mass is 283 g/mol. The van der Waals surface area contributed by atoms with E-state index in [4.69, 9.17) is 4.52 Å². The van der Waals surface area contributed by atoms with Crippen molar-refractivity contribution in [3.05, 3.63) is 47.1 Å². The van der Waals surface area contributed by atoms with Crippen molar-refractivity contribution in [3.63, 3.8) is 0 Å². The number of hydrogen-bond acceptors (Lipinski definition) is 4. The van der Waals surface area contributed by atoms with Crippen LogP contribution in [0.2, 0.25) is 0 Å². The van der Waals surface area contributed by atoms with E-state index in [-0.39, 0.29) is 5.91 Å². The molecule has 4 rings (SSSR count). The molecule has 0 spiro atoms. The van der Waals surface area contributed by atoms with Gasteiger partial charge >= 0.3 is 0 Å². The van der Waals surface area contributed by atoms with Gasteiger partial charge < -0.3 is 9.42 Å². The normalized spacial score (nSPS) is 17.3. The molecule has 0 radical (unpaired) electrons. The fourth-order valence-corrected chi connectivity index (χ4v) is 2.78. The molecule has 21 heavy (non-hydrogen) atoms. The van der Waals surface area contributed by atoms with Crippen molar-refractivity contribution in [1.29, 1.82) is 0 Å². The topological polar surface area (TPSA) is 59.2 Å². The quantitative estimate of drug-likeness (QED) is 0.844.